The fourth-order valence-corrected chi connectivity index (χ4v) is 8.38. The Balaban J connectivity index is 0.996. The number of phenolic OH excluding ortho intramolecular Hbond substituents is 1. The van der Waals surface area contributed by atoms with Crippen molar-refractivity contribution in [2.24, 2.45) is 22.4 Å². The second-order valence-electron chi connectivity index (χ2n) is 14.6. The number of benzene rings is 2. The van der Waals surface area contributed by atoms with Gasteiger partial charge in [0.25, 0.3) is 0 Å². The van der Waals surface area contributed by atoms with Crippen molar-refractivity contribution in [2.45, 2.75) is 120 Å². The third-order valence-corrected chi connectivity index (χ3v) is 11.1. The van der Waals surface area contributed by atoms with Crippen LogP contribution in [0, 0.1) is 5.92 Å². The number of aliphatic hydroxyl groups is 1. The number of aliphatic imine (C=N–C) groups is 1. The summed E-state index contributed by atoms with van der Waals surface area (Å²) < 4.78 is 6.11. The number of phenols is 1. The summed E-state index contributed by atoms with van der Waals surface area (Å²) in [6.45, 7) is 0.948. The highest BCUT2D eigenvalue weighted by molar-refractivity contribution is 5.90. The van der Waals surface area contributed by atoms with Gasteiger partial charge in [-0.25, -0.2) is 0 Å². The standard InChI is InChI=1S/C40H54N4O4/c41-39(42)30-12-8-13-31(22-30)40(19-6-7-20-40)35-24-43-36-26-44(25-34(35)36)27-48-38-21-29(16-18-37(38)47)15-17-33(46)23-32(45)14-5-4-11-28-9-2-1-3-10-28/h8,12-13,16,18,21-22,24,26,28,32,39,45,47H,1-7,9-11,14-15,17,19-20,23,25,27,41-42H2. The normalized spacial score (nSPS) is 19.7. The van der Waals surface area contributed by atoms with Crippen molar-refractivity contribution in [2.75, 3.05) is 13.3 Å². The minimum absolute atomic E-state index is 0.0709. The van der Waals surface area contributed by atoms with E-state index in [9.17, 15) is 15.0 Å². The minimum Gasteiger partial charge on any atom is -0.504 e. The van der Waals surface area contributed by atoms with Crippen molar-refractivity contribution >= 4 is 12.0 Å². The van der Waals surface area contributed by atoms with Gasteiger partial charge >= 0.3 is 0 Å². The van der Waals surface area contributed by atoms with Crippen LogP contribution >= 0.6 is 0 Å². The summed E-state index contributed by atoms with van der Waals surface area (Å²) in [5.41, 5.74) is 18.5. The second kappa shape index (κ2) is 15.8. The maximum Gasteiger partial charge on any atom is 0.163 e. The molecular weight excluding hydrogens is 600 g/mol. The summed E-state index contributed by atoms with van der Waals surface area (Å²) in [5.74, 6) is 1.40. The molecule has 48 heavy (non-hydrogen) atoms. The molecule has 2 aliphatic carbocycles. The van der Waals surface area contributed by atoms with Crippen molar-refractivity contribution in [1.82, 2.24) is 4.90 Å². The van der Waals surface area contributed by atoms with Crippen molar-refractivity contribution in [3.05, 3.63) is 82.2 Å². The summed E-state index contributed by atoms with van der Waals surface area (Å²) in [5, 5.41) is 21.0. The number of hydrogen-bond acceptors (Lipinski definition) is 8. The molecule has 8 nitrogen and oxygen atoms in total. The zero-order valence-corrected chi connectivity index (χ0v) is 28.4. The van der Waals surface area contributed by atoms with Gasteiger partial charge < -0.3 is 31.3 Å². The summed E-state index contributed by atoms with van der Waals surface area (Å²) in [6, 6.07) is 13.7. The molecule has 0 bridgehead atoms. The summed E-state index contributed by atoms with van der Waals surface area (Å²) in [6.07, 6.45) is 19.5. The minimum atomic E-state index is -0.561. The summed E-state index contributed by atoms with van der Waals surface area (Å²) >= 11 is 0. The monoisotopic (exact) mass is 654 g/mol. The smallest absolute Gasteiger partial charge is 0.163 e. The van der Waals surface area contributed by atoms with Gasteiger partial charge in [0.1, 0.15) is 5.78 Å². The number of aromatic hydroxyl groups is 1. The highest BCUT2D eigenvalue weighted by Gasteiger charge is 2.43. The highest BCUT2D eigenvalue weighted by Crippen LogP contribution is 2.50. The Labute approximate surface area is 286 Å². The van der Waals surface area contributed by atoms with Crippen LogP contribution in [0.2, 0.25) is 0 Å². The number of aryl methyl sites for hydroxylation is 1. The van der Waals surface area contributed by atoms with E-state index in [4.69, 9.17) is 21.2 Å². The number of ether oxygens (including phenoxy) is 1. The number of hydrogen-bond donors (Lipinski definition) is 4. The molecule has 2 fully saturated rings. The number of nitrogens with zero attached hydrogens (tertiary/aromatic N) is 2. The van der Waals surface area contributed by atoms with E-state index in [1.54, 1.807) is 6.07 Å². The molecule has 1 unspecified atom stereocenters. The zero-order valence-electron chi connectivity index (χ0n) is 28.4. The number of aliphatic hydroxyl groups excluding tert-OH is 1. The van der Waals surface area contributed by atoms with E-state index in [-0.39, 0.29) is 30.1 Å². The van der Waals surface area contributed by atoms with Gasteiger partial charge in [0.05, 0.1) is 18.0 Å². The van der Waals surface area contributed by atoms with Gasteiger partial charge in [-0.1, -0.05) is 94.5 Å². The Morgan fingerprint density at radius 3 is 2.65 bits per heavy atom. The first-order valence-electron chi connectivity index (χ1n) is 18.3. The SMILES string of the molecule is NC(N)c1cccc(C2(C3=C4CN(COc5cc(CCC(=O)CC(O)CCCCC6CCCCC6)ccc5O)C=C4N=C3)CCCC2)c1. The third-order valence-electron chi connectivity index (χ3n) is 11.1. The molecule has 4 aliphatic rings. The summed E-state index contributed by atoms with van der Waals surface area (Å²) in [7, 11) is 0. The predicted molar refractivity (Wildman–Crippen MR) is 191 cm³/mol. The van der Waals surface area contributed by atoms with Gasteiger partial charge in [0, 0.05) is 42.8 Å². The van der Waals surface area contributed by atoms with Gasteiger partial charge in [-0.3, -0.25) is 9.79 Å². The van der Waals surface area contributed by atoms with Crippen LogP contribution in [0.3, 0.4) is 0 Å². The lowest BCUT2D eigenvalue weighted by molar-refractivity contribution is -0.121. The summed E-state index contributed by atoms with van der Waals surface area (Å²) in [4.78, 5) is 19.5. The topological polar surface area (TPSA) is 134 Å². The lowest BCUT2D eigenvalue weighted by Gasteiger charge is -2.32. The molecule has 0 aromatic heterocycles. The van der Waals surface area contributed by atoms with Crippen LogP contribution in [0.25, 0.3) is 0 Å². The van der Waals surface area contributed by atoms with E-state index in [2.05, 4.69) is 23.1 Å². The average molecular weight is 655 g/mol. The largest absolute Gasteiger partial charge is 0.504 e. The van der Waals surface area contributed by atoms with Crippen molar-refractivity contribution < 1.29 is 19.7 Å². The number of ketones is 1. The van der Waals surface area contributed by atoms with Crippen LogP contribution in [0.1, 0.15) is 119 Å². The second-order valence-corrected chi connectivity index (χ2v) is 14.6. The average Bonchev–Trinajstić information content (AvgIpc) is 3.84. The fraction of sp³-hybridized carbons (Fsp3) is 0.550. The van der Waals surface area contributed by atoms with Gasteiger partial charge in [0.15, 0.2) is 18.2 Å². The van der Waals surface area contributed by atoms with Gasteiger partial charge in [-0.15, -0.1) is 0 Å². The molecule has 8 heteroatoms. The molecule has 2 heterocycles. The van der Waals surface area contributed by atoms with Crippen LogP contribution in [0.15, 0.2) is 70.5 Å². The van der Waals surface area contributed by atoms with E-state index in [0.717, 1.165) is 61.3 Å². The quantitative estimate of drug-likeness (QED) is 0.112. The lowest BCUT2D eigenvalue weighted by atomic mass is 9.71. The molecular formula is C40H54N4O4. The Hall–Kier alpha value is -3.46. The maximum atomic E-state index is 12.7. The molecule has 0 radical (unpaired) electrons. The fourth-order valence-electron chi connectivity index (χ4n) is 8.38. The molecule has 6 N–H and O–H groups in total. The molecule has 2 aromatic carbocycles. The first-order valence-corrected chi connectivity index (χ1v) is 18.3. The molecule has 258 valence electrons. The van der Waals surface area contributed by atoms with Crippen LogP contribution in [0.5, 0.6) is 11.5 Å². The van der Waals surface area contributed by atoms with E-state index in [0.29, 0.717) is 31.6 Å². The van der Waals surface area contributed by atoms with Crippen LogP contribution in [-0.2, 0) is 16.6 Å². The molecule has 0 spiro atoms. The van der Waals surface area contributed by atoms with Crippen molar-refractivity contribution in [3.63, 3.8) is 0 Å². The molecule has 2 aliphatic heterocycles. The molecule has 1 atom stereocenters. The molecule has 2 saturated carbocycles. The van der Waals surface area contributed by atoms with E-state index < -0.39 is 12.3 Å². The Morgan fingerprint density at radius 1 is 1.04 bits per heavy atom. The number of rotatable bonds is 16. The number of carbonyl (C=O) groups excluding carboxylic acids is 1. The number of fused-ring (bicyclic) bond motifs is 1. The van der Waals surface area contributed by atoms with Crippen LogP contribution in [0.4, 0.5) is 0 Å². The zero-order chi connectivity index (χ0) is 33.5. The first kappa shape index (κ1) is 34.4. The van der Waals surface area contributed by atoms with Crippen LogP contribution in [-0.4, -0.2) is 46.5 Å². The van der Waals surface area contributed by atoms with Gasteiger partial charge in [-0.05, 0) is 66.0 Å². The maximum absolute atomic E-state index is 12.7. The Kier molecular flexibility index (Phi) is 11.3. The first-order chi connectivity index (χ1) is 23.3. The van der Waals surface area contributed by atoms with Crippen molar-refractivity contribution in [3.8, 4) is 11.5 Å². The Morgan fingerprint density at radius 2 is 1.85 bits per heavy atom. The number of allylic oxidation sites excluding steroid dienone is 1. The van der Waals surface area contributed by atoms with Gasteiger partial charge in [0.2, 0.25) is 0 Å². The van der Waals surface area contributed by atoms with Gasteiger partial charge in [-0.2, -0.15) is 0 Å². The lowest BCUT2D eigenvalue weighted by Crippen LogP contribution is -2.29. The van der Waals surface area contributed by atoms with E-state index in [1.165, 1.54) is 55.2 Å². The number of carbonyl (C=O) groups is 1. The molecule has 6 rings (SSSR count). The van der Waals surface area contributed by atoms with E-state index >= 15 is 0 Å². The van der Waals surface area contributed by atoms with E-state index in [1.807, 2.05) is 30.6 Å². The third kappa shape index (κ3) is 8.21. The number of Topliss-reactive ketones (excluding diaryl/α,β-unsaturated/α-hetero) is 1. The molecule has 0 amide bonds. The van der Waals surface area contributed by atoms with Crippen molar-refractivity contribution in [1.29, 1.82) is 0 Å². The predicted octanol–water partition coefficient (Wildman–Crippen LogP) is 7.09. The number of unbranched alkanes of at least 4 members (excludes halogenated alkanes) is 1. The van der Waals surface area contributed by atoms with Crippen LogP contribution < -0.4 is 16.2 Å². The molecule has 0 saturated heterocycles. The highest BCUT2D eigenvalue weighted by atomic mass is 16.5. The number of nitrogens with two attached hydrogens (primary N) is 2. The molecule has 2 aromatic rings. The Bertz CT molecular complexity index is 1520.